The van der Waals surface area contributed by atoms with Crippen LogP contribution in [-0.2, 0) is 25.7 Å². The highest BCUT2D eigenvalue weighted by atomic mass is 19.4. The SMILES string of the molecule is Cc1cc(CN2CCc3nc(-c4ccc(C(F)(F)F)cc4)ncc3C2)n[nH]1. The van der Waals surface area contributed by atoms with E-state index in [1.807, 2.05) is 13.0 Å². The Labute approximate surface area is 154 Å². The maximum absolute atomic E-state index is 12.7. The molecule has 0 bridgehead atoms. The number of alkyl halides is 3. The first-order valence-corrected chi connectivity index (χ1v) is 8.64. The first-order chi connectivity index (χ1) is 12.9. The third kappa shape index (κ3) is 3.85. The van der Waals surface area contributed by atoms with Crippen molar-refractivity contribution in [2.75, 3.05) is 6.54 Å². The number of halogens is 3. The van der Waals surface area contributed by atoms with Crippen LogP contribution in [0.2, 0.25) is 0 Å². The van der Waals surface area contributed by atoms with E-state index in [-0.39, 0.29) is 0 Å². The number of aromatic nitrogens is 4. The quantitative estimate of drug-likeness (QED) is 0.760. The number of hydrogen-bond donors (Lipinski definition) is 1. The summed E-state index contributed by atoms with van der Waals surface area (Å²) in [7, 11) is 0. The maximum Gasteiger partial charge on any atom is 0.416 e. The van der Waals surface area contributed by atoms with Crippen LogP contribution in [0.1, 0.15) is 28.2 Å². The Morgan fingerprint density at radius 1 is 1.19 bits per heavy atom. The first-order valence-electron chi connectivity index (χ1n) is 8.64. The van der Waals surface area contributed by atoms with E-state index in [4.69, 9.17) is 0 Å². The number of fused-ring (bicyclic) bond motifs is 1. The van der Waals surface area contributed by atoms with Crippen molar-refractivity contribution < 1.29 is 13.2 Å². The zero-order chi connectivity index (χ0) is 19.0. The molecule has 4 rings (SSSR count). The zero-order valence-corrected chi connectivity index (χ0v) is 14.7. The van der Waals surface area contributed by atoms with E-state index in [0.29, 0.717) is 11.4 Å². The molecule has 0 unspecified atom stereocenters. The summed E-state index contributed by atoms with van der Waals surface area (Å²) < 4.78 is 38.1. The molecule has 1 aromatic carbocycles. The third-order valence-corrected chi connectivity index (χ3v) is 4.63. The van der Waals surface area contributed by atoms with E-state index >= 15 is 0 Å². The number of H-pyrrole nitrogens is 1. The number of rotatable bonds is 3. The standard InChI is InChI=1S/C19H18F3N5/c1-12-8-16(26-25-12)11-27-7-6-17-14(10-27)9-23-18(24-17)13-2-4-15(5-3-13)19(20,21)22/h2-5,8-9H,6-7,10-11H2,1H3,(H,25,26). The Hall–Kier alpha value is -2.74. The van der Waals surface area contributed by atoms with Gasteiger partial charge in [-0.15, -0.1) is 0 Å². The summed E-state index contributed by atoms with van der Waals surface area (Å²) in [6.45, 7) is 4.31. The fourth-order valence-electron chi connectivity index (χ4n) is 3.24. The smallest absolute Gasteiger partial charge is 0.293 e. The van der Waals surface area contributed by atoms with Crippen LogP contribution >= 0.6 is 0 Å². The van der Waals surface area contributed by atoms with Crippen molar-refractivity contribution in [2.24, 2.45) is 0 Å². The summed E-state index contributed by atoms with van der Waals surface area (Å²) in [6.07, 6.45) is -1.79. The number of aromatic amines is 1. The molecule has 8 heteroatoms. The van der Waals surface area contributed by atoms with Gasteiger partial charge in [0.25, 0.3) is 0 Å². The van der Waals surface area contributed by atoms with Crippen molar-refractivity contribution in [2.45, 2.75) is 32.6 Å². The number of nitrogens with zero attached hydrogens (tertiary/aromatic N) is 4. The molecular formula is C19H18F3N5. The van der Waals surface area contributed by atoms with Crippen molar-refractivity contribution in [3.8, 4) is 11.4 Å². The van der Waals surface area contributed by atoms with E-state index in [0.717, 1.165) is 60.8 Å². The number of nitrogens with one attached hydrogen (secondary N) is 1. The monoisotopic (exact) mass is 373 g/mol. The summed E-state index contributed by atoms with van der Waals surface area (Å²) in [5.74, 6) is 0.457. The Morgan fingerprint density at radius 2 is 1.96 bits per heavy atom. The average molecular weight is 373 g/mol. The Morgan fingerprint density at radius 3 is 2.63 bits per heavy atom. The van der Waals surface area contributed by atoms with Crippen molar-refractivity contribution in [1.29, 1.82) is 0 Å². The lowest BCUT2D eigenvalue weighted by molar-refractivity contribution is -0.137. The summed E-state index contributed by atoms with van der Waals surface area (Å²) in [5.41, 5.74) is 3.94. The first kappa shape index (κ1) is 17.7. The lowest BCUT2D eigenvalue weighted by Crippen LogP contribution is -2.31. The Kier molecular flexibility index (Phi) is 4.43. The second-order valence-corrected chi connectivity index (χ2v) is 6.74. The van der Waals surface area contributed by atoms with E-state index in [9.17, 15) is 13.2 Å². The highest BCUT2D eigenvalue weighted by Gasteiger charge is 2.30. The van der Waals surface area contributed by atoms with Gasteiger partial charge in [0.1, 0.15) is 0 Å². The van der Waals surface area contributed by atoms with Gasteiger partial charge in [0.2, 0.25) is 0 Å². The lowest BCUT2D eigenvalue weighted by atomic mass is 10.1. The normalized spacial score (nSPS) is 15.0. The molecule has 3 heterocycles. The molecule has 0 aliphatic carbocycles. The van der Waals surface area contributed by atoms with Gasteiger partial charge in [-0.2, -0.15) is 18.3 Å². The highest BCUT2D eigenvalue weighted by molar-refractivity contribution is 5.56. The molecule has 1 aliphatic rings. The van der Waals surface area contributed by atoms with Crippen LogP contribution < -0.4 is 0 Å². The van der Waals surface area contributed by atoms with Gasteiger partial charge in [-0.05, 0) is 25.1 Å². The molecule has 1 aliphatic heterocycles. The van der Waals surface area contributed by atoms with E-state index in [2.05, 4.69) is 25.1 Å². The predicted octanol–water partition coefficient (Wildman–Crippen LogP) is 3.75. The molecule has 140 valence electrons. The van der Waals surface area contributed by atoms with Crippen LogP contribution in [0, 0.1) is 6.92 Å². The fraction of sp³-hybridized carbons (Fsp3) is 0.316. The third-order valence-electron chi connectivity index (χ3n) is 4.63. The predicted molar refractivity (Wildman–Crippen MR) is 93.6 cm³/mol. The van der Waals surface area contributed by atoms with Crippen LogP contribution in [0.4, 0.5) is 13.2 Å². The number of hydrogen-bond acceptors (Lipinski definition) is 4. The second kappa shape index (κ2) is 6.77. The van der Waals surface area contributed by atoms with Crippen molar-refractivity contribution in [3.63, 3.8) is 0 Å². The Balaban J connectivity index is 1.50. The van der Waals surface area contributed by atoms with Gasteiger partial charge in [-0.25, -0.2) is 9.97 Å². The van der Waals surface area contributed by atoms with Crippen LogP contribution in [0.25, 0.3) is 11.4 Å². The molecule has 0 saturated carbocycles. The molecule has 2 aromatic heterocycles. The van der Waals surface area contributed by atoms with Crippen LogP contribution in [0.5, 0.6) is 0 Å². The van der Waals surface area contributed by atoms with Gasteiger partial charge in [-0.1, -0.05) is 12.1 Å². The fourth-order valence-corrected chi connectivity index (χ4v) is 3.24. The molecule has 5 nitrogen and oxygen atoms in total. The number of aryl methyl sites for hydroxylation is 1. The summed E-state index contributed by atoms with van der Waals surface area (Å²) >= 11 is 0. The average Bonchev–Trinajstić information content (AvgIpc) is 3.05. The minimum atomic E-state index is -4.34. The molecule has 1 N–H and O–H groups in total. The van der Waals surface area contributed by atoms with Gasteiger partial charge >= 0.3 is 6.18 Å². The summed E-state index contributed by atoms with van der Waals surface area (Å²) in [6, 6.07) is 6.98. The Bertz CT molecular complexity index is 947. The molecule has 0 saturated heterocycles. The second-order valence-electron chi connectivity index (χ2n) is 6.74. The molecule has 27 heavy (non-hydrogen) atoms. The number of benzene rings is 1. The lowest BCUT2D eigenvalue weighted by Gasteiger charge is -2.27. The van der Waals surface area contributed by atoms with E-state index in [1.165, 1.54) is 12.1 Å². The molecule has 0 atom stereocenters. The van der Waals surface area contributed by atoms with Crippen LogP contribution in [-0.4, -0.2) is 31.6 Å². The molecule has 0 spiro atoms. The molecule has 0 amide bonds. The summed E-state index contributed by atoms with van der Waals surface area (Å²) in [4.78, 5) is 11.2. The molecule has 0 fully saturated rings. The largest absolute Gasteiger partial charge is 0.416 e. The van der Waals surface area contributed by atoms with Gasteiger partial charge in [0.15, 0.2) is 5.82 Å². The molecule has 0 radical (unpaired) electrons. The molecular weight excluding hydrogens is 355 g/mol. The van der Waals surface area contributed by atoms with Crippen molar-refractivity contribution in [3.05, 3.63) is 64.7 Å². The topological polar surface area (TPSA) is 57.7 Å². The minimum Gasteiger partial charge on any atom is -0.293 e. The van der Waals surface area contributed by atoms with Crippen molar-refractivity contribution >= 4 is 0 Å². The van der Waals surface area contributed by atoms with Crippen LogP contribution in [0.3, 0.4) is 0 Å². The highest BCUT2D eigenvalue weighted by Crippen LogP contribution is 2.30. The van der Waals surface area contributed by atoms with Gasteiger partial charge in [0.05, 0.1) is 17.0 Å². The van der Waals surface area contributed by atoms with Gasteiger partial charge < -0.3 is 0 Å². The van der Waals surface area contributed by atoms with Crippen molar-refractivity contribution in [1.82, 2.24) is 25.1 Å². The zero-order valence-electron chi connectivity index (χ0n) is 14.7. The van der Waals surface area contributed by atoms with Gasteiger partial charge in [-0.3, -0.25) is 10.00 Å². The van der Waals surface area contributed by atoms with E-state index < -0.39 is 11.7 Å². The minimum absolute atomic E-state index is 0.457. The van der Waals surface area contributed by atoms with E-state index in [1.54, 1.807) is 6.20 Å². The van der Waals surface area contributed by atoms with Crippen LogP contribution in [0.15, 0.2) is 36.5 Å². The van der Waals surface area contributed by atoms with Gasteiger partial charge in [0, 0.05) is 49.1 Å². The molecule has 3 aromatic rings. The maximum atomic E-state index is 12.7. The summed E-state index contributed by atoms with van der Waals surface area (Å²) in [5, 5.41) is 7.21.